The zero-order valence-corrected chi connectivity index (χ0v) is 10.9. The fourth-order valence-corrected chi connectivity index (χ4v) is 0.489. The Morgan fingerprint density at radius 2 is 1.04 bits per heavy atom. The first kappa shape index (κ1) is 31.4. The Morgan fingerprint density at radius 3 is 1.16 bits per heavy atom. The number of halogens is 12. The fraction of sp³-hybridized carbons (Fsp3) is 0. The van der Waals surface area contributed by atoms with Gasteiger partial charge in [0.25, 0.3) is 0 Å². The van der Waals surface area contributed by atoms with E-state index in [1.807, 2.05) is 0 Å². The molecule has 0 aliphatic rings. The van der Waals surface area contributed by atoms with E-state index in [4.69, 9.17) is 5.11 Å². The second-order valence-electron chi connectivity index (χ2n) is 3.00. The standard InChI is InChI=1S/C6H5NO2.3BF4.Li.H/c8-6(9)5-3-1-2-4-7-5;3*2-1(3,4)5;;/h1-4H,(H,8,9);;;;;/q;3*-1;;. The van der Waals surface area contributed by atoms with Gasteiger partial charge >= 0.3 is 46.6 Å². The molecule has 19 heteroatoms. The normalized spacial score (nSPS) is 10.4. The van der Waals surface area contributed by atoms with E-state index in [1.54, 1.807) is 12.1 Å². The van der Waals surface area contributed by atoms with Crippen LogP contribution in [0.4, 0.5) is 51.8 Å². The minimum atomic E-state index is -6.00. The molecule has 1 rings (SSSR count). The predicted molar refractivity (Wildman–Crippen MR) is 68.9 cm³/mol. The molecule has 25 heavy (non-hydrogen) atoms. The number of aromatic nitrogens is 1. The number of carboxylic acid groups (broad SMARTS) is 1. The maximum absolute atomic E-state index is 10.1. The van der Waals surface area contributed by atoms with Gasteiger partial charge in [0, 0.05) is 6.20 Å². The summed E-state index contributed by atoms with van der Waals surface area (Å²) in [6.07, 6.45) is 1.45. The molecular formula is C6H6B3F12LiNO2-3. The van der Waals surface area contributed by atoms with Crippen LogP contribution in [0.3, 0.4) is 0 Å². The first-order valence-electron chi connectivity index (χ1n) is 5.07. The van der Waals surface area contributed by atoms with Gasteiger partial charge in [0.1, 0.15) is 5.69 Å². The van der Waals surface area contributed by atoms with Gasteiger partial charge in [-0.15, -0.1) is 0 Å². The van der Waals surface area contributed by atoms with Crippen LogP contribution in [0.15, 0.2) is 24.4 Å². The fourth-order valence-electron chi connectivity index (χ4n) is 0.489. The summed E-state index contributed by atoms with van der Waals surface area (Å²) in [6.45, 7) is 0. The first-order valence-corrected chi connectivity index (χ1v) is 5.07. The molecular weight excluding hydrogens is 385 g/mol. The minimum absolute atomic E-state index is 0. The first-order chi connectivity index (χ1) is 10.3. The number of hydrogen-bond donors (Lipinski definition) is 1. The summed E-state index contributed by atoms with van der Waals surface area (Å²) in [4.78, 5) is 13.7. The molecule has 0 radical (unpaired) electrons. The van der Waals surface area contributed by atoms with Crippen molar-refractivity contribution in [2.45, 2.75) is 0 Å². The van der Waals surface area contributed by atoms with Crippen LogP contribution in [0.25, 0.3) is 0 Å². The van der Waals surface area contributed by atoms with Crippen molar-refractivity contribution >= 4 is 46.6 Å². The van der Waals surface area contributed by atoms with Gasteiger partial charge in [0.15, 0.2) is 0 Å². The van der Waals surface area contributed by atoms with Crippen LogP contribution in [-0.4, -0.2) is 56.7 Å². The SMILES string of the molecule is F[B-](F)(F)F.F[B-](F)(F)F.F[B-](F)(F)F.O=C(O)c1ccccn1.[LiH]. The van der Waals surface area contributed by atoms with Crippen molar-refractivity contribution in [3.8, 4) is 0 Å². The third kappa shape index (κ3) is 85.5. The van der Waals surface area contributed by atoms with E-state index >= 15 is 0 Å². The number of pyridine rings is 1. The average Bonchev–Trinajstić information content (AvgIpc) is 2.23. The van der Waals surface area contributed by atoms with Gasteiger partial charge in [0.05, 0.1) is 0 Å². The van der Waals surface area contributed by atoms with E-state index in [9.17, 15) is 56.6 Å². The van der Waals surface area contributed by atoms with Crippen molar-refractivity contribution < 1.29 is 61.7 Å². The molecule has 1 N–H and O–H groups in total. The quantitative estimate of drug-likeness (QED) is 0.581. The van der Waals surface area contributed by atoms with Crippen LogP contribution in [0.1, 0.15) is 10.5 Å². The van der Waals surface area contributed by atoms with E-state index in [1.165, 1.54) is 12.3 Å². The maximum atomic E-state index is 10.1. The number of hydrogen-bond acceptors (Lipinski definition) is 2. The number of carbonyl (C=O) groups is 1. The third-order valence-corrected chi connectivity index (χ3v) is 0.884. The number of aromatic carboxylic acids is 1. The monoisotopic (exact) mass is 392 g/mol. The van der Waals surface area contributed by atoms with Crippen LogP contribution in [0.2, 0.25) is 0 Å². The summed E-state index contributed by atoms with van der Waals surface area (Å²) in [6, 6.07) is 4.76. The molecule has 1 heterocycles. The molecule has 0 bridgehead atoms. The molecule has 0 aliphatic carbocycles. The number of rotatable bonds is 1. The Kier molecular flexibility index (Phi) is 17.3. The zero-order valence-electron chi connectivity index (χ0n) is 10.9. The van der Waals surface area contributed by atoms with E-state index in [2.05, 4.69) is 4.98 Å². The summed E-state index contributed by atoms with van der Waals surface area (Å²) in [7, 11) is -18.0. The molecule has 0 amide bonds. The third-order valence-electron chi connectivity index (χ3n) is 0.884. The van der Waals surface area contributed by atoms with Gasteiger partial charge in [-0.1, -0.05) is 6.07 Å². The van der Waals surface area contributed by atoms with Crippen LogP contribution in [0, 0.1) is 0 Å². The van der Waals surface area contributed by atoms with Crippen LogP contribution < -0.4 is 0 Å². The predicted octanol–water partition coefficient (Wildman–Crippen LogP) is 4.03. The molecule has 1 aromatic rings. The molecule has 0 unspecified atom stereocenters. The van der Waals surface area contributed by atoms with Gasteiger partial charge < -0.3 is 56.9 Å². The summed E-state index contributed by atoms with van der Waals surface area (Å²) >= 11 is 0. The molecule has 0 atom stereocenters. The van der Waals surface area contributed by atoms with Crippen molar-refractivity contribution in [3.05, 3.63) is 30.1 Å². The van der Waals surface area contributed by atoms with Crippen molar-refractivity contribution in [1.29, 1.82) is 0 Å². The Labute approximate surface area is 144 Å². The summed E-state index contributed by atoms with van der Waals surface area (Å²) in [5.74, 6) is -0.990. The van der Waals surface area contributed by atoms with Gasteiger partial charge in [-0.2, -0.15) is 0 Å². The Morgan fingerprint density at radius 1 is 0.760 bits per heavy atom. The molecule has 0 spiro atoms. The van der Waals surface area contributed by atoms with Gasteiger partial charge in [0.2, 0.25) is 0 Å². The zero-order chi connectivity index (χ0) is 20.2. The second kappa shape index (κ2) is 13.8. The Bertz CT molecular complexity index is 406. The van der Waals surface area contributed by atoms with Crippen LogP contribution in [-0.2, 0) is 0 Å². The molecule has 3 nitrogen and oxygen atoms in total. The molecule has 144 valence electrons. The van der Waals surface area contributed by atoms with Gasteiger partial charge in [-0.25, -0.2) is 9.78 Å². The molecule has 0 saturated heterocycles. The second-order valence-corrected chi connectivity index (χ2v) is 3.00. The van der Waals surface area contributed by atoms with Crippen LogP contribution >= 0.6 is 0 Å². The van der Waals surface area contributed by atoms with E-state index in [0.717, 1.165) is 0 Å². The molecule has 0 fully saturated rings. The van der Waals surface area contributed by atoms with Crippen molar-refractivity contribution in [2.75, 3.05) is 0 Å². The topological polar surface area (TPSA) is 50.2 Å². The average molecular weight is 391 g/mol. The number of nitrogens with zero attached hydrogens (tertiary/aromatic N) is 1. The van der Waals surface area contributed by atoms with Crippen LogP contribution in [0.5, 0.6) is 0 Å². The Hall–Kier alpha value is -1.43. The van der Waals surface area contributed by atoms with Gasteiger partial charge in [-0.05, 0) is 12.1 Å². The number of carboxylic acids is 1. The van der Waals surface area contributed by atoms with Crippen molar-refractivity contribution in [3.63, 3.8) is 0 Å². The summed E-state index contributed by atoms with van der Waals surface area (Å²) < 4.78 is 117. The van der Waals surface area contributed by atoms with Crippen molar-refractivity contribution in [2.24, 2.45) is 0 Å². The Balaban J connectivity index is -0.000000122. The summed E-state index contributed by atoms with van der Waals surface area (Å²) in [5, 5.41) is 8.32. The molecule has 0 aliphatic heterocycles. The van der Waals surface area contributed by atoms with Gasteiger partial charge in [-0.3, -0.25) is 0 Å². The molecule has 0 saturated carbocycles. The van der Waals surface area contributed by atoms with E-state index in [0.29, 0.717) is 0 Å². The van der Waals surface area contributed by atoms with E-state index in [-0.39, 0.29) is 24.6 Å². The molecule has 1 aromatic heterocycles. The van der Waals surface area contributed by atoms with E-state index < -0.39 is 27.7 Å². The van der Waals surface area contributed by atoms with Crippen molar-refractivity contribution in [1.82, 2.24) is 4.98 Å². The summed E-state index contributed by atoms with van der Waals surface area (Å²) in [5.41, 5.74) is 0.0810. The molecule has 0 aromatic carbocycles.